The summed E-state index contributed by atoms with van der Waals surface area (Å²) in [5, 5.41) is 6.84. The van der Waals surface area contributed by atoms with E-state index in [4.69, 9.17) is 4.52 Å². The molecular weight excluding hydrogens is 446 g/mol. The Morgan fingerprint density at radius 2 is 2.03 bits per heavy atom. The molecule has 0 saturated heterocycles. The van der Waals surface area contributed by atoms with Crippen molar-refractivity contribution in [3.63, 3.8) is 0 Å². The summed E-state index contributed by atoms with van der Waals surface area (Å²) < 4.78 is 33.8. The van der Waals surface area contributed by atoms with Crippen LogP contribution in [0.1, 0.15) is 41.2 Å². The van der Waals surface area contributed by atoms with Gasteiger partial charge in [0.2, 0.25) is 5.91 Å². The lowest BCUT2D eigenvalue weighted by Gasteiger charge is -2.29. The van der Waals surface area contributed by atoms with Crippen molar-refractivity contribution in [3.8, 4) is 0 Å². The molecule has 1 fully saturated rings. The van der Waals surface area contributed by atoms with Gasteiger partial charge >= 0.3 is 0 Å². The number of benzene rings is 1. The number of hydrogen-bond donors (Lipinski definition) is 1. The average molecular weight is 470 g/mol. The molecule has 0 bridgehead atoms. The monoisotopic (exact) mass is 469 g/mol. The van der Waals surface area contributed by atoms with Gasteiger partial charge in [0.1, 0.15) is 15.6 Å². The first-order valence-electron chi connectivity index (χ1n) is 10.6. The summed E-state index contributed by atoms with van der Waals surface area (Å²) in [6.45, 7) is 2.25. The van der Waals surface area contributed by atoms with Crippen LogP contribution in [0.3, 0.4) is 0 Å². The second kappa shape index (κ2) is 8.22. The van der Waals surface area contributed by atoms with Crippen LogP contribution in [0.5, 0.6) is 0 Å². The van der Waals surface area contributed by atoms with Gasteiger partial charge in [-0.25, -0.2) is 8.42 Å². The van der Waals surface area contributed by atoms with Crippen LogP contribution >= 0.6 is 11.3 Å². The van der Waals surface area contributed by atoms with E-state index in [0.717, 1.165) is 41.8 Å². The van der Waals surface area contributed by atoms with Gasteiger partial charge < -0.3 is 9.84 Å². The number of para-hydroxylation sites is 1. The molecule has 0 spiro atoms. The Hall–Kier alpha value is -2.91. The van der Waals surface area contributed by atoms with Gasteiger partial charge in [-0.2, -0.15) is 0 Å². The molecule has 166 valence electrons. The SMILES string of the molecule is Cc1noc(C=Cc2ccc(S(=O)(=O)N3CCCc4ccccc43)s2)c1NC(=O)C1CC1. The molecule has 3 heterocycles. The Kier molecular flexibility index (Phi) is 5.38. The highest BCUT2D eigenvalue weighted by molar-refractivity contribution is 7.94. The van der Waals surface area contributed by atoms with Crippen molar-refractivity contribution in [2.24, 2.45) is 5.92 Å². The lowest BCUT2D eigenvalue weighted by atomic mass is 10.0. The van der Waals surface area contributed by atoms with Crippen molar-refractivity contribution >= 4 is 50.8 Å². The molecule has 2 aromatic heterocycles. The minimum absolute atomic E-state index is 0.0164. The zero-order valence-electron chi connectivity index (χ0n) is 17.6. The molecule has 1 N–H and O–H groups in total. The van der Waals surface area contributed by atoms with Crippen LogP contribution in [-0.4, -0.2) is 26.0 Å². The minimum atomic E-state index is -3.63. The van der Waals surface area contributed by atoms with Gasteiger partial charge in [-0.15, -0.1) is 11.3 Å². The Morgan fingerprint density at radius 1 is 1.22 bits per heavy atom. The molecule has 1 aliphatic heterocycles. The average Bonchev–Trinajstić information content (AvgIpc) is 3.44. The van der Waals surface area contributed by atoms with Gasteiger partial charge in [0.25, 0.3) is 10.0 Å². The number of aryl methyl sites for hydroxylation is 2. The summed E-state index contributed by atoms with van der Waals surface area (Å²) >= 11 is 1.20. The molecule has 1 aliphatic carbocycles. The van der Waals surface area contributed by atoms with Gasteiger partial charge in [0.15, 0.2) is 5.76 Å². The van der Waals surface area contributed by atoms with Crippen LogP contribution in [0.2, 0.25) is 0 Å². The topological polar surface area (TPSA) is 92.5 Å². The van der Waals surface area contributed by atoms with E-state index in [1.807, 2.05) is 24.3 Å². The number of nitrogens with zero attached hydrogens (tertiary/aromatic N) is 2. The van der Waals surface area contributed by atoms with Crippen LogP contribution in [0.25, 0.3) is 12.2 Å². The first kappa shape index (κ1) is 21.0. The number of thiophene rings is 1. The van der Waals surface area contributed by atoms with E-state index in [0.29, 0.717) is 27.9 Å². The fourth-order valence-electron chi connectivity index (χ4n) is 3.80. The highest BCUT2D eigenvalue weighted by Gasteiger charge is 2.31. The quantitative estimate of drug-likeness (QED) is 0.565. The molecule has 2 aliphatic rings. The maximum absolute atomic E-state index is 13.3. The predicted octanol–water partition coefficient (Wildman–Crippen LogP) is 4.70. The van der Waals surface area contributed by atoms with Crippen LogP contribution in [0.15, 0.2) is 45.1 Å². The predicted molar refractivity (Wildman–Crippen MR) is 125 cm³/mol. The maximum Gasteiger partial charge on any atom is 0.273 e. The Balaban J connectivity index is 1.37. The molecule has 7 nitrogen and oxygen atoms in total. The van der Waals surface area contributed by atoms with Crippen molar-refractivity contribution < 1.29 is 17.7 Å². The van der Waals surface area contributed by atoms with Gasteiger partial charge in [-0.3, -0.25) is 9.10 Å². The molecule has 1 aromatic carbocycles. The normalized spacial score (nSPS) is 16.3. The highest BCUT2D eigenvalue weighted by Crippen LogP contribution is 2.35. The summed E-state index contributed by atoms with van der Waals surface area (Å²) in [5.74, 6) is 0.502. The number of hydrogen-bond acceptors (Lipinski definition) is 6. The van der Waals surface area contributed by atoms with Gasteiger partial charge in [0, 0.05) is 17.3 Å². The number of carbonyl (C=O) groups is 1. The van der Waals surface area contributed by atoms with Crippen molar-refractivity contribution in [2.45, 2.75) is 36.8 Å². The van der Waals surface area contributed by atoms with Crippen LogP contribution in [-0.2, 0) is 21.2 Å². The van der Waals surface area contributed by atoms with Crippen molar-refractivity contribution in [1.82, 2.24) is 5.16 Å². The maximum atomic E-state index is 13.3. The molecule has 5 rings (SSSR count). The largest absolute Gasteiger partial charge is 0.354 e. The van der Waals surface area contributed by atoms with Crippen molar-refractivity contribution in [2.75, 3.05) is 16.2 Å². The van der Waals surface area contributed by atoms with E-state index < -0.39 is 10.0 Å². The standard InChI is InChI=1S/C23H23N3O4S2/c1-15-22(24-23(27)17-8-9-17)20(30-25-15)12-10-18-11-13-21(31-18)32(28,29)26-14-4-6-16-5-2-3-7-19(16)26/h2-3,5,7,10-13,17H,4,6,8-9,14H2,1H3,(H,24,27). The molecule has 9 heteroatoms. The third kappa shape index (κ3) is 3.98. The summed E-state index contributed by atoms with van der Waals surface area (Å²) in [6.07, 6.45) is 7.00. The Bertz CT molecular complexity index is 1300. The summed E-state index contributed by atoms with van der Waals surface area (Å²) in [5.41, 5.74) is 2.99. The van der Waals surface area contributed by atoms with E-state index >= 15 is 0 Å². The number of aromatic nitrogens is 1. The second-order valence-corrected chi connectivity index (χ2v) is 11.3. The third-order valence-corrected chi connectivity index (χ3v) is 9.03. The molecular formula is C23H23N3O4S2. The van der Waals surface area contributed by atoms with Gasteiger partial charge in [-0.1, -0.05) is 23.4 Å². The zero-order chi connectivity index (χ0) is 22.3. The number of anilines is 2. The molecule has 0 radical (unpaired) electrons. The van der Waals surface area contributed by atoms with E-state index in [1.165, 1.54) is 15.6 Å². The van der Waals surface area contributed by atoms with Crippen LogP contribution < -0.4 is 9.62 Å². The fraction of sp³-hybridized carbons (Fsp3) is 0.304. The molecule has 3 aromatic rings. The molecule has 1 amide bonds. The van der Waals surface area contributed by atoms with Gasteiger partial charge in [-0.05, 0) is 68.5 Å². The third-order valence-electron chi connectivity index (χ3n) is 5.70. The number of nitrogens with one attached hydrogen (secondary N) is 1. The van der Waals surface area contributed by atoms with Crippen LogP contribution in [0, 0.1) is 12.8 Å². The van der Waals surface area contributed by atoms with E-state index in [-0.39, 0.29) is 11.8 Å². The first-order chi connectivity index (χ1) is 15.4. The summed E-state index contributed by atoms with van der Waals surface area (Å²) in [7, 11) is -3.63. The summed E-state index contributed by atoms with van der Waals surface area (Å²) in [6, 6.07) is 11.1. The smallest absolute Gasteiger partial charge is 0.273 e. The van der Waals surface area contributed by atoms with Gasteiger partial charge in [0.05, 0.1) is 5.69 Å². The zero-order valence-corrected chi connectivity index (χ0v) is 19.2. The fourth-order valence-corrected chi connectivity index (χ4v) is 6.69. The lowest BCUT2D eigenvalue weighted by molar-refractivity contribution is -0.117. The number of fused-ring (bicyclic) bond motifs is 1. The van der Waals surface area contributed by atoms with E-state index in [1.54, 1.807) is 31.2 Å². The molecule has 1 saturated carbocycles. The van der Waals surface area contributed by atoms with Crippen molar-refractivity contribution in [3.05, 3.63) is 58.3 Å². The first-order valence-corrected chi connectivity index (χ1v) is 12.8. The van der Waals surface area contributed by atoms with Crippen LogP contribution in [0.4, 0.5) is 11.4 Å². The summed E-state index contributed by atoms with van der Waals surface area (Å²) in [4.78, 5) is 12.9. The molecule has 0 unspecified atom stereocenters. The highest BCUT2D eigenvalue weighted by atomic mass is 32.2. The lowest BCUT2D eigenvalue weighted by Crippen LogP contribution is -2.35. The second-order valence-electron chi connectivity index (χ2n) is 8.07. The Morgan fingerprint density at radius 3 is 2.84 bits per heavy atom. The number of carbonyl (C=O) groups excluding carboxylic acids is 1. The molecule has 0 atom stereocenters. The number of sulfonamides is 1. The number of rotatable bonds is 6. The number of amides is 1. The van der Waals surface area contributed by atoms with E-state index in [9.17, 15) is 13.2 Å². The van der Waals surface area contributed by atoms with E-state index in [2.05, 4.69) is 10.5 Å². The van der Waals surface area contributed by atoms with Crippen molar-refractivity contribution in [1.29, 1.82) is 0 Å². The Labute approximate surface area is 190 Å². The minimum Gasteiger partial charge on any atom is -0.354 e. The molecule has 32 heavy (non-hydrogen) atoms.